The third-order valence-corrected chi connectivity index (χ3v) is 3.48. The van der Waals surface area contributed by atoms with Gasteiger partial charge in [-0.3, -0.25) is 9.88 Å². The quantitative estimate of drug-likeness (QED) is 0.808. The first kappa shape index (κ1) is 11.3. The van der Waals surface area contributed by atoms with Crippen molar-refractivity contribution in [3.8, 4) is 0 Å². The van der Waals surface area contributed by atoms with Crippen molar-refractivity contribution < 1.29 is 0 Å². The lowest BCUT2D eigenvalue weighted by Gasteiger charge is -2.27. The molecule has 0 N–H and O–H groups in total. The van der Waals surface area contributed by atoms with Gasteiger partial charge in [0.05, 0.1) is 6.54 Å². The van der Waals surface area contributed by atoms with Gasteiger partial charge in [-0.2, -0.15) is 0 Å². The molecule has 0 bridgehead atoms. The molecule has 5 heteroatoms. The van der Waals surface area contributed by atoms with Crippen molar-refractivity contribution in [1.82, 2.24) is 24.6 Å². The summed E-state index contributed by atoms with van der Waals surface area (Å²) in [7, 11) is 0. The van der Waals surface area contributed by atoms with Crippen molar-refractivity contribution in [3.63, 3.8) is 0 Å². The van der Waals surface area contributed by atoms with Gasteiger partial charge in [0, 0.05) is 32.0 Å². The summed E-state index contributed by atoms with van der Waals surface area (Å²) in [5.74, 6) is 2.12. The summed E-state index contributed by atoms with van der Waals surface area (Å²) in [5, 5.41) is 8.35. The second kappa shape index (κ2) is 4.86. The van der Waals surface area contributed by atoms with Crippen LogP contribution >= 0.6 is 0 Å². The average molecular weight is 243 g/mol. The van der Waals surface area contributed by atoms with Gasteiger partial charge in [0.15, 0.2) is 0 Å². The van der Waals surface area contributed by atoms with Crippen molar-refractivity contribution in [3.05, 3.63) is 41.7 Å². The van der Waals surface area contributed by atoms with Gasteiger partial charge < -0.3 is 4.57 Å². The molecule has 3 heterocycles. The van der Waals surface area contributed by atoms with Crippen molar-refractivity contribution in [2.45, 2.75) is 26.4 Å². The Bertz CT molecular complexity index is 519. The summed E-state index contributed by atoms with van der Waals surface area (Å²) in [5.41, 5.74) is 1.34. The van der Waals surface area contributed by atoms with Gasteiger partial charge in [-0.05, 0) is 31.0 Å². The van der Waals surface area contributed by atoms with Crippen molar-refractivity contribution in [2.24, 2.45) is 0 Å². The number of rotatable bonds is 3. The van der Waals surface area contributed by atoms with Crippen molar-refractivity contribution >= 4 is 0 Å². The van der Waals surface area contributed by atoms with Crippen LogP contribution in [0, 0.1) is 6.92 Å². The monoisotopic (exact) mass is 243 g/mol. The predicted molar refractivity (Wildman–Crippen MR) is 68.0 cm³/mol. The number of fused-ring (bicyclic) bond motifs is 1. The highest BCUT2D eigenvalue weighted by atomic mass is 15.3. The second-order valence-electron chi connectivity index (χ2n) is 4.70. The third kappa shape index (κ3) is 2.26. The Morgan fingerprint density at radius 3 is 2.83 bits per heavy atom. The topological polar surface area (TPSA) is 46.8 Å². The minimum atomic E-state index is 0.909. The van der Waals surface area contributed by atoms with E-state index in [0.29, 0.717) is 0 Å². The summed E-state index contributed by atoms with van der Waals surface area (Å²) in [4.78, 5) is 6.47. The molecule has 0 radical (unpaired) electrons. The molecule has 2 aromatic rings. The number of nitrogens with zero attached hydrogens (tertiary/aromatic N) is 5. The Morgan fingerprint density at radius 2 is 2.00 bits per heavy atom. The molecule has 2 aromatic heterocycles. The molecule has 1 aliphatic heterocycles. The molecule has 5 nitrogen and oxygen atoms in total. The Kier molecular flexibility index (Phi) is 3.06. The van der Waals surface area contributed by atoms with E-state index in [9.17, 15) is 0 Å². The predicted octanol–water partition coefficient (Wildman–Crippen LogP) is 1.04. The fourth-order valence-electron chi connectivity index (χ4n) is 2.38. The maximum Gasteiger partial charge on any atom is 0.147 e. The number of aromatic nitrogens is 4. The first-order valence-corrected chi connectivity index (χ1v) is 6.33. The smallest absolute Gasteiger partial charge is 0.147 e. The first-order chi connectivity index (χ1) is 8.83. The summed E-state index contributed by atoms with van der Waals surface area (Å²) >= 11 is 0. The van der Waals surface area contributed by atoms with E-state index in [1.54, 1.807) is 0 Å². The van der Waals surface area contributed by atoms with Gasteiger partial charge in [0.2, 0.25) is 0 Å². The molecular formula is C13H17N5. The van der Waals surface area contributed by atoms with Crippen LogP contribution in [0.15, 0.2) is 24.5 Å². The first-order valence-electron chi connectivity index (χ1n) is 6.33. The molecule has 0 spiro atoms. The number of aryl methyl sites for hydroxylation is 1. The van der Waals surface area contributed by atoms with Crippen LogP contribution in [0.2, 0.25) is 0 Å². The molecule has 0 fully saturated rings. The maximum absolute atomic E-state index is 4.22. The van der Waals surface area contributed by atoms with Gasteiger partial charge >= 0.3 is 0 Å². The highest BCUT2D eigenvalue weighted by Gasteiger charge is 2.18. The highest BCUT2D eigenvalue weighted by molar-refractivity contribution is 5.10. The van der Waals surface area contributed by atoms with Crippen LogP contribution in [0.5, 0.6) is 0 Å². The Morgan fingerprint density at radius 1 is 1.17 bits per heavy atom. The van der Waals surface area contributed by atoms with Gasteiger partial charge in [-0.1, -0.05) is 0 Å². The van der Waals surface area contributed by atoms with E-state index in [-0.39, 0.29) is 0 Å². The van der Waals surface area contributed by atoms with E-state index in [4.69, 9.17) is 0 Å². The fourth-order valence-corrected chi connectivity index (χ4v) is 2.38. The van der Waals surface area contributed by atoms with E-state index < -0.39 is 0 Å². The molecule has 0 aliphatic carbocycles. The van der Waals surface area contributed by atoms with Crippen molar-refractivity contribution in [2.75, 3.05) is 13.1 Å². The summed E-state index contributed by atoms with van der Waals surface area (Å²) in [6.45, 7) is 6.08. The molecule has 0 saturated heterocycles. The Labute approximate surface area is 106 Å². The number of pyridine rings is 1. The van der Waals surface area contributed by atoms with Crippen LogP contribution in [-0.4, -0.2) is 37.7 Å². The van der Waals surface area contributed by atoms with Crippen LogP contribution in [0.1, 0.15) is 17.2 Å². The minimum Gasteiger partial charge on any atom is -0.313 e. The zero-order valence-electron chi connectivity index (χ0n) is 10.6. The zero-order valence-corrected chi connectivity index (χ0v) is 10.6. The molecule has 94 valence electrons. The highest BCUT2D eigenvalue weighted by Crippen LogP contribution is 2.12. The minimum absolute atomic E-state index is 0.909. The fraction of sp³-hybridized carbons (Fsp3) is 0.462. The summed E-state index contributed by atoms with van der Waals surface area (Å²) in [6, 6.07) is 4.16. The van der Waals surface area contributed by atoms with E-state index >= 15 is 0 Å². The molecule has 18 heavy (non-hydrogen) atoms. The van der Waals surface area contributed by atoms with E-state index in [1.165, 1.54) is 5.56 Å². The van der Waals surface area contributed by atoms with Crippen LogP contribution in [-0.2, 0) is 19.5 Å². The normalized spacial score (nSPS) is 15.6. The van der Waals surface area contributed by atoms with Gasteiger partial charge in [0.1, 0.15) is 11.6 Å². The number of hydrogen-bond acceptors (Lipinski definition) is 4. The van der Waals surface area contributed by atoms with Crippen LogP contribution < -0.4 is 0 Å². The largest absolute Gasteiger partial charge is 0.313 e. The molecule has 0 amide bonds. The van der Waals surface area contributed by atoms with Crippen LogP contribution in [0.3, 0.4) is 0 Å². The molecule has 3 rings (SSSR count). The van der Waals surface area contributed by atoms with E-state index in [0.717, 1.165) is 44.2 Å². The van der Waals surface area contributed by atoms with Gasteiger partial charge in [-0.25, -0.2) is 0 Å². The molecule has 0 unspecified atom stereocenters. The van der Waals surface area contributed by atoms with Gasteiger partial charge in [0.25, 0.3) is 0 Å². The molecule has 0 atom stereocenters. The SMILES string of the molecule is Cc1nnc2n1CCN(CCc1ccncc1)C2. The molecule has 0 saturated carbocycles. The van der Waals surface area contributed by atoms with Crippen LogP contribution in [0.25, 0.3) is 0 Å². The average Bonchev–Trinajstić information content (AvgIpc) is 2.79. The Balaban J connectivity index is 1.60. The maximum atomic E-state index is 4.22. The number of hydrogen-bond donors (Lipinski definition) is 0. The zero-order chi connectivity index (χ0) is 12.4. The molecular weight excluding hydrogens is 226 g/mol. The Hall–Kier alpha value is -1.75. The molecule has 0 aromatic carbocycles. The lowest BCUT2D eigenvalue weighted by Crippen LogP contribution is -2.35. The molecule has 1 aliphatic rings. The summed E-state index contributed by atoms with van der Waals surface area (Å²) in [6.07, 6.45) is 4.77. The van der Waals surface area contributed by atoms with Crippen LogP contribution in [0.4, 0.5) is 0 Å². The van der Waals surface area contributed by atoms with E-state index in [2.05, 4.69) is 36.8 Å². The van der Waals surface area contributed by atoms with E-state index in [1.807, 2.05) is 19.3 Å². The lowest BCUT2D eigenvalue weighted by molar-refractivity contribution is 0.218. The lowest BCUT2D eigenvalue weighted by atomic mass is 10.2. The second-order valence-corrected chi connectivity index (χ2v) is 4.70. The summed E-state index contributed by atoms with van der Waals surface area (Å²) < 4.78 is 2.21. The van der Waals surface area contributed by atoms with Crippen molar-refractivity contribution in [1.29, 1.82) is 0 Å². The van der Waals surface area contributed by atoms with Gasteiger partial charge in [-0.15, -0.1) is 10.2 Å². The standard InChI is InChI=1S/C13H17N5/c1-11-15-16-13-10-17(8-9-18(11)13)7-4-12-2-5-14-6-3-12/h2-3,5-6H,4,7-10H2,1H3. The third-order valence-electron chi connectivity index (χ3n) is 3.48.